The van der Waals surface area contributed by atoms with E-state index in [9.17, 15) is 10.1 Å². The lowest BCUT2D eigenvalue weighted by atomic mass is 9.73. The minimum absolute atomic E-state index is 0.00131. The van der Waals surface area contributed by atoms with Crippen LogP contribution in [0.2, 0.25) is 0 Å². The number of ether oxygens (including phenoxy) is 1. The van der Waals surface area contributed by atoms with Gasteiger partial charge in [0.05, 0.1) is 22.9 Å². The Morgan fingerprint density at radius 1 is 1.15 bits per heavy atom. The maximum Gasteiger partial charge on any atom is 0.317 e. The van der Waals surface area contributed by atoms with Crippen LogP contribution >= 0.6 is 0 Å². The molecule has 0 radical (unpaired) electrons. The molecular weight excluding hydrogens is 502 g/mol. The topological polar surface area (TPSA) is 89.1 Å². The molecule has 214 valence electrons. The molecule has 1 aliphatic carbocycles. The summed E-state index contributed by atoms with van der Waals surface area (Å²) >= 11 is 0. The molecule has 1 atom stereocenters. The van der Waals surface area contributed by atoms with Crippen molar-refractivity contribution in [3.8, 4) is 6.07 Å². The van der Waals surface area contributed by atoms with Gasteiger partial charge in [-0.2, -0.15) is 10.4 Å². The summed E-state index contributed by atoms with van der Waals surface area (Å²) in [6, 6.07) is 7.37. The number of rotatable bonds is 6. The van der Waals surface area contributed by atoms with Crippen molar-refractivity contribution in [2.24, 2.45) is 5.92 Å². The fraction of sp³-hybridized carbons (Fsp3) is 0.581. The van der Waals surface area contributed by atoms with Gasteiger partial charge in [0, 0.05) is 87.9 Å². The Balaban J connectivity index is 1.34. The highest BCUT2D eigenvalue weighted by Crippen LogP contribution is 2.42. The monoisotopic (exact) mass is 545 g/mol. The third kappa shape index (κ3) is 5.48. The SMILES string of the molecule is COC1(C2C=CC(c3cc4c(N5CCN(C(=O)NC(C)C)CC5)ccnn4c3)=C(C#N)C2)CCN(C(C)C)CC1. The van der Waals surface area contributed by atoms with Crippen LogP contribution < -0.4 is 10.2 Å². The van der Waals surface area contributed by atoms with Gasteiger partial charge < -0.3 is 24.8 Å². The van der Waals surface area contributed by atoms with Crippen LogP contribution in [0.4, 0.5) is 10.5 Å². The first-order chi connectivity index (χ1) is 19.2. The molecule has 9 heteroatoms. The molecule has 2 aliphatic heterocycles. The van der Waals surface area contributed by atoms with E-state index in [2.05, 4.69) is 58.4 Å². The number of carbonyl (C=O) groups excluding carboxylic acids is 1. The molecule has 0 saturated carbocycles. The first kappa shape index (κ1) is 28.2. The summed E-state index contributed by atoms with van der Waals surface area (Å²) < 4.78 is 8.10. The van der Waals surface area contributed by atoms with Crippen molar-refractivity contribution in [1.29, 1.82) is 5.26 Å². The van der Waals surface area contributed by atoms with Crippen LogP contribution in [0.15, 0.2) is 42.3 Å². The maximum absolute atomic E-state index is 12.4. The Morgan fingerprint density at radius 2 is 1.88 bits per heavy atom. The van der Waals surface area contributed by atoms with Crippen molar-refractivity contribution < 1.29 is 9.53 Å². The molecule has 40 heavy (non-hydrogen) atoms. The van der Waals surface area contributed by atoms with Crippen LogP contribution in [-0.2, 0) is 4.74 Å². The standard InChI is InChI=1S/C31H43N7O2/c1-22(2)34-30(39)37-16-14-36(15-17-37)28-8-11-33-38-21-25(19-29(28)38)27-7-6-26(18-24(27)20-32)31(40-5)9-12-35(13-10-31)23(3)4/h6-8,11,19,21-23,26H,9-10,12-18H2,1-5H3,(H,34,39). The van der Waals surface area contributed by atoms with Gasteiger partial charge >= 0.3 is 6.03 Å². The summed E-state index contributed by atoms with van der Waals surface area (Å²) in [5.41, 5.74) is 4.64. The van der Waals surface area contributed by atoms with Crippen molar-refractivity contribution in [3.05, 3.63) is 47.8 Å². The Kier molecular flexibility index (Phi) is 8.20. The van der Waals surface area contributed by atoms with Crippen molar-refractivity contribution in [2.75, 3.05) is 51.3 Å². The van der Waals surface area contributed by atoms with E-state index in [1.807, 2.05) is 48.8 Å². The minimum atomic E-state index is -0.232. The Bertz CT molecular complexity index is 1320. The van der Waals surface area contributed by atoms with Gasteiger partial charge in [-0.05, 0) is 64.7 Å². The highest BCUT2D eigenvalue weighted by molar-refractivity contribution is 5.85. The summed E-state index contributed by atoms with van der Waals surface area (Å²) in [6.07, 6.45) is 10.9. The average molecular weight is 546 g/mol. The lowest BCUT2D eigenvalue weighted by Crippen LogP contribution is -2.53. The number of nitrogens with one attached hydrogen (secondary N) is 1. The molecule has 0 spiro atoms. The van der Waals surface area contributed by atoms with Gasteiger partial charge in [-0.1, -0.05) is 12.2 Å². The molecule has 5 rings (SSSR count). The lowest BCUT2D eigenvalue weighted by Gasteiger charge is -2.46. The predicted octanol–water partition coefficient (Wildman–Crippen LogP) is 4.32. The summed E-state index contributed by atoms with van der Waals surface area (Å²) in [6.45, 7) is 13.3. The smallest absolute Gasteiger partial charge is 0.317 e. The quantitative estimate of drug-likeness (QED) is 0.582. The van der Waals surface area contributed by atoms with Crippen LogP contribution in [0.5, 0.6) is 0 Å². The molecule has 4 heterocycles. The zero-order valence-corrected chi connectivity index (χ0v) is 24.6. The number of anilines is 1. The molecule has 1 unspecified atom stereocenters. The fourth-order valence-electron chi connectivity index (χ4n) is 6.50. The van der Waals surface area contributed by atoms with E-state index in [-0.39, 0.29) is 23.6 Å². The van der Waals surface area contributed by atoms with E-state index in [1.165, 1.54) is 0 Å². The summed E-state index contributed by atoms with van der Waals surface area (Å²) in [5, 5.41) is 17.8. The van der Waals surface area contributed by atoms with E-state index in [1.54, 1.807) is 0 Å². The number of fused-ring (bicyclic) bond motifs is 1. The predicted molar refractivity (Wildman–Crippen MR) is 158 cm³/mol. The third-order valence-corrected chi connectivity index (χ3v) is 8.95. The number of methoxy groups -OCH3 is 1. The van der Waals surface area contributed by atoms with Gasteiger partial charge in [-0.15, -0.1) is 0 Å². The van der Waals surface area contributed by atoms with Crippen LogP contribution in [0.25, 0.3) is 11.1 Å². The number of hydrogen-bond acceptors (Lipinski definition) is 6. The van der Waals surface area contributed by atoms with E-state index >= 15 is 0 Å². The molecule has 3 aliphatic rings. The van der Waals surface area contributed by atoms with Crippen LogP contribution in [-0.4, -0.2) is 89.5 Å². The molecular formula is C31H43N7O2. The van der Waals surface area contributed by atoms with Crippen molar-refractivity contribution in [1.82, 2.24) is 24.7 Å². The van der Waals surface area contributed by atoms with Crippen LogP contribution in [0, 0.1) is 17.2 Å². The van der Waals surface area contributed by atoms with Gasteiger partial charge in [0.15, 0.2) is 0 Å². The Morgan fingerprint density at radius 3 is 2.50 bits per heavy atom. The van der Waals surface area contributed by atoms with Gasteiger partial charge in [-0.3, -0.25) is 0 Å². The van der Waals surface area contributed by atoms with E-state index in [0.717, 1.165) is 66.9 Å². The number of piperidine rings is 1. The number of nitrogens with zero attached hydrogens (tertiary/aromatic N) is 6. The van der Waals surface area contributed by atoms with E-state index in [4.69, 9.17) is 4.74 Å². The molecule has 2 aromatic heterocycles. The number of aromatic nitrogens is 2. The number of urea groups is 1. The summed E-state index contributed by atoms with van der Waals surface area (Å²) in [7, 11) is 1.83. The molecule has 2 fully saturated rings. The molecule has 2 amide bonds. The summed E-state index contributed by atoms with van der Waals surface area (Å²) in [4.78, 5) is 19.1. The number of hydrogen-bond donors (Lipinski definition) is 1. The molecule has 1 N–H and O–H groups in total. The first-order valence-corrected chi connectivity index (χ1v) is 14.6. The van der Waals surface area contributed by atoms with Crippen LogP contribution in [0.3, 0.4) is 0 Å². The normalized spacial score (nSPS) is 21.9. The highest BCUT2D eigenvalue weighted by atomic mass is 16.5. The molecule has 2 saturated heterocycles. The number of allylic oxidation sites excluding steroid dienone is 3. The van der Waals surface area contributed by atoms with Gasteiger partial charge in [0.25, 0.3) is 0 Å². The van der Waals surface area contributed by atoms with E-state index < -0.39 is 0 Å². The van der Waals surface area contributed by atoms with Gasteiger partial charge in [0.1, 0.15) is 0 Å². The Labute approximate surface area is 238 Å². The molecule has 2 aromatic rings. The zero-order chi connectivity index (χ0) is 28.4. The van der Waals surface area contributed by atoms with Crippen molar-refractivity contribution in [2.45, 2.75) is 64.6 Å². The number of likely N-dealkylation sites (tertiary alicyclic amines) is 1. The van der Waals surface area contributed by atoms with Crippen molar-refractivity contribution >= 4 is 22.8 Å². The second-order valence-electron chi connectivity index (χ2n) is 11.9. The largest absolute Gasteiger partial charge is 0.378 e. The Hall–Kier alpha value is -3.35. The maximum atomic E-state index is 12.4. The number of amides is 2. The fourth-order valence-corrected chi connectivity index (χ4v) is 6.50. The second kappa shape index (κ2) is 11.6. The van der Waals surface area contributed by atoms with Crippen molar-refractivity contribution in [3.63, 3.8) is 0 Å². The average Bonchev–Trinajstić information content (AvgIpc) is 3.41. The van der Waals surface area contributed by atoms with E-state index in [0.29, 0.717) is 25.6 Å². The second-order valence-corrected chi connectivity index (χ2v) is 11.9. The number of piperazine rings is 1. The number of nitriles is 1. The highest BCUT2D eigenvalue weighted by Gasteiger charge is 2.42. The molecule has 9 nitrogen and oxygen atoms in total. The lowest BCUT2D eigenvalue weighted by molar-refractivity contribution is -0.0890. The van der Waals surface area contributed by atoms with Crippen LogP contribution in [0.1, 0.15) is 52.5 Å². The molecule has 0 aromatic carbocycles. The number of carbonyl (C=O) groups is 1. The third-order valence-electron chi connectivity index (χ3n) is 8.95. The minimum Gasteiger partial charge on any atom is -0.378 e. The zero-order valence-electron chi connectivity index (χ0n) is 24.6. The molecule has 0 bridgehead atoms. The van der Waals surface area contributed by atoms with Gasteiger partial charge in [-0.25, -0.2) is 9.31 Å². The summed E-state index contributed by atoms with van der Waals surface area (Å²) in [5.74, 6) is 0.181. The first-order valence-electron chi connectivity index (χ1n) is 14.6. The van der Waals surface area contributed by atoms with Gasteiger partial charge in [0.2, 0.25) is 0 Å².